The molecule has 4 rings (SSSR count). The predicted molar refractivity (Wildman–Crippen MR) is 130 cm³/mol. The minimum absolute atomic E-state index is 0.143. The maximum absolute atomic E-state index is 13.7. The molecule has 1 heterocycles. The third-order valence-electron chi connectivity index (χ3n) is 5.67. The molecule has 1 N–H and O–H groups in total. The van der Waals surface area contributed by atoms with Crippen LogP contribution in [0.5, 0.6) is 11.5 Å². The largest absolute Gasteiger partial charge is 0.534 e. The first kappa shape index (κ1) is 21.8. The molecule has 0 amide bonds. The molecular formula is C27H26FNO2Si. The average molecular weight is 444 g/mol. The van der Waals surface area contributed by atoms with Crippen molar-refractivity contribution in [3.05, 3.63) is 103 Å². The third-order valence-corrected chi connectivity index (χ3v) is 10.6. The topological polar surface area (TPSA) is 42.4 Å². The fourth-order valence-electron chi connectivity index (χ4n) is 4.11. The van der Waals surface area contributed by atoms with Crippen LogP contribution in [0, 0.1) is 5.95 Å². The Kier molecular flexibility index (Phi) is 5.85. The van der Waals surface area contributed by atoms with Crippen LogP contribution >= 0.6 is 0 Å². The second-order valence-electron chi connectivity index (χ2n) is 8.80. The fourth-order valence-corrected chi connectivity index (χ4v) is 8.53. The third kappa shape index (κ3) is 4.04. The van der Waals surface area contributed by atoms with Crippen LogP contribution in [0.4, 0.5) is 4.39 Å². The molecule has 0 unspecified atom stereocenters. The van der Waals surface area contributed by atoms with E-state index in [1.807, 2.05) is 36.4 Å². The maximum atomic E-state index is 13.7. The van der Waals surface area contributed by atoms with Crippen LogP contribution in [-0.2, 0) is 0 Å². The standard InChI is InChI=1S/C27H26FNO2Si/c1-27(2,3)32(22-10-6-4-7-11-22,23-12-8-5-9-13-23)31-21-16-14-20(15-17-21)24-18-19-25(30)26(28)29-24/h4-19,30H,1-3H3. The number of rotatable bonds is 5. The van der Waals surface area contributed by atoms with E-state index in [9.17, 15) is 9.50 Å². The molecule has 3 nitrogen and oxygen atoms in total. The van der Waals surface area contributed by atoms with Gasteiger partial charge in [0.25, 0.3) is 5.95 Å². The van der Waals surface area contributed by atoms with E-state index in [0.717, 1.165) is 11.3 Å². The predicted octanol–water partition coefficient (Wildman–Crippen LogP) is 5.53. The molecule has 5 heteroatoms. The Bertz CT molecular complexity index is 1150. The summed E-state index contributed by atoms with van der Waals surface area (Å²) >= 11 is 0. The maximum Gasteiger partial charge on any atom is 0.319 e. The number of pyridine rings is 1. The first-order chi connectivity index (χ1) is 15.3. The van der Waals surface area contributed by atoms with Crippen molar-refractivity contribution in [1.82, 2.24) is 4.98 Å². The van der Waals surface area contributed by atoms with Crippen LogP contribution in [0.25, 0.3) is 11.3 Å². The van der Waals surface area contributed by atoms with E-state index in [1.165, 1.54) is 16.4 Å². The molecule has 162 valence electrons. The summed E-state index contributed by atoms with van der Waals surface area (Å²) in [5.41, 5.74) is 1.20. The molecule has 4 aromatic rings. The van der Waals surface area contributed by atoms with Crippen LogP contribution in [0.2, 0.25) is 5.04 Å². The van der Waals surface area contributed by atoms with E-state index < -0.39 is 20.0 Å². The van der Waals surface area contributed by atoms with Crippen molar-refractivity contribution in [2.75, 3.05) is 0 Å². The summed E-state index contributed by atoms with van der Waals surface area (Å²) in [6, 6.07) is 31.3. The molecule has 0 bridgehead atoms. The minimum atomic E-state index is -2.71. The van der Waals surface area contributed by atoms with Gasteiger partial charge in [-0.1, -0.05) is 81.4 Å². The number of aromatic hydroxyl groups is 1. The first-order valence-electron chi connectivity index (χ1n) is 10.6. The summed E-state index contributed by atoms with van der Waals surface area (Å²) in [4.78, 5) is 3.83. The van der Waals surface area contributed by atoms with Crippen LogP contribution in [0.15, 0.2) is 97.1 Å². The first-order valence-corrected chi connectivity index (χ1v) is 12.5. The Morgan fingerprint density at radius 3 is 1.75 bits per heavy atom. The van der Waals surface area contributed by atoms with Crippen LogP contribution in [-0.4, -0.2) is 18.4 Å². The van der Waals surface area contributed by atoms with E-state index in [2.05, 4.69) is 74.3 Å². The van der Waals surface area contributed by atoms with Gasteiger partial charge in [0, 0.05) is 5.56 Å². The van der Waals surface area contributed by atoms with Crippen LogP contribution in [0.3, 0.4) is 0 Å². The number of nitrogens with zero attached hydrogens (tertiary/aromatic N) is 1. The molecule has 32 heavy (non-hydrogen) atoms. The highest BCUT2D eigenvalue weighted by Gasteiger charge is 2.52. The lowest BCUT2D eigenvalue weighted by Gasteiger charge is -2.43. The zero-order valence-electron chi connectivity index (χ0n) is 18.4. The fraction of sp³-hybridized carbons (Fsp3) is 0.148. The minimum Gasteiger partial charge on any atom is -0.534 e. The lowest BCUT2D eigenvalue weighted by atomic mass is 10.1. The van der Waals surface area contributed by atoms with E-state index in [0.29, 0.717) is 5.69 Å². The SMILES string of the molecule is CC(C)(C)[Si](Oc1ccc(-c2ccc(O)c(F)n2)cc1)(c1ccccc1)c1ccccc1. The summed E-state index contributed by atoms with van der Waals surface area (Å²) in [5, 5.41) is 11.7. The molecule has 1 aromatic heterocycles. The number of hydrogen-bond donors (Lipinski definition) is 1. The van der Waals surface area contributed by atoms with E-state index in [1.54, 1.807) is 6.07 Å². The van der Waals surface area contributed by atoms with Gasteiger partial charge in [-0.3, -0.25) is 0 Å². The van der Waals surface area contributed by atoms with Crippen molar-refractivity contribution < 1.29 is 13.9 Å². The Morgan fingerprint density at radius 2 is 1.28 bits per heavy atom. The van der Waals surface area contributed by atoms with Crippen LogP contribution in [0.1, 0.15) is 20.8 Å². The van der Waals surface area contributed by atoms with Crippen molar-refractivity contribution in [2.45, 2.75) is 25.8 Å². The smallest absolute Gasteiger partial charge is 0.319 e. The zero-order valence-corrected chi connectivity index (χ0v) is 19.4. The molecule has 0 aliphatic carbocycles. The van der Waals surface area contributed by atoms with Crippen molar-refractivity contribution in [2.24, 2.45) is 0 Å². The van der Waals surface area contributed by atoms with Crippen LogP contribution < -0.4 is 14.8 Å². The monoisotopic (exact) mass is 443 g/mol. The molecule has 0 atom stereocenters. The molecule has 0 aliphatic rings. The highest BCUT2D eigenvalue weighted by atomic mass is 28.4. The molecule has 0 fully saturated rings. The number of benzene rings is 3. The highest BCUT2D eigenvalue weighted by molar-refractivity contribution is 7.00. The zero-order chi connectivity index (χ0) is 22.8. The Morgan fingerprint density at radius 1 is 0.750 bits per heavy atom. The lowest BCUT2D eigenvalue weighted by Crippen LogP contribution is -2.68. The average Bonchev–Trinajstić information content (AvgIpc) is 2.80. The number of aromatic nitrogens is 1. The normalized spacial score (nSPS) is 11.9. The number of halogens is 1. The molecule has 0 radical (unpaired) electrons. The summed E-state index contributed by atoms with van der Waals surface area (Å²) in [5.74, 6) is -0.585. The molecular weight excluding hydrogens is 417 g/mol. The van der Waals surface area contributed by atoms with Gasteiger partial charge in [-0.05, 0) is 51.8 Å². The Labute approximate surface area is 189 Å². The van der Waals surface area contributed by atoms with Gasteiger partial charge in [0.2, 0.25) is 0 Å². The summed E-state index contributed by atoms with van der Waals surface area (Å²) in [6.07, 6.45) is 0. The Hall–Kier alpha value is -3.44. The van der Waals surface area contributed by atoms with Gasteiger partial charge in [0.1, 0.15) is 5.75 Å². The van der Waals surface area contributed by atoms with E-state index in [4.69, 9.17) is 4.43 Å². The molecule has 3 aromatic carbocycles. The molecule has 0 saturated carbocycles. The van der Waals surface area contributed by atoms with Crippen molar-refractivity contribution in [1.29, 1.82) is 0 Å². The van der Waals surface area contributed by atoms with Crippen molar-refractivity contribution in [3.63, 3.8) is 0 Å². The summed E-state index contributed by atoms with van der Waals surface area (Å²) < 4.78 is 20.7. The van der Waals surface area contributed by atoms with Gasteiger partial charge in [-0.15, -0.1) is 0 Å². The quantitative estimate of drug-likeness (QED) is 0.326. The molecule has 0 aliphatic heterocycles. The summed E-state index contributed by atoms with van der Waals surface area (Å²) in [7, 11) is -2.71. The van der Waals surface area contributed by atoms with Gasteiger partial charge >= 0.3 is 8.32 Å². The van der Waals surface area contributed by atoms with Gasteiger partial charge in [0.15, 0.2) is 5.75 Å². The summed E-state index contributed by atoms with van der Waals surface area (Å²) in [6.45, 7) is 6.70. The van der Waals surface area contributed by atoms with Gasteiger partial charge < -0.3 is 9.53 Å². The second-order valence-corrected chi connectivity index (χ2v) is 13.0. The second kappa shape index (κ2) is 8.59. The Balaban J connectivity index is 1.79. The van der Waals surface area contributed by atoms with E-state index >= 15 is 0 Å². The van der Waals surface area contributed by atoms with Gasteiger partial charge in [-0.2, -0.15) is 4.39 Å². The molecule has 0 spiro atoms. The van der Waals surface area contributed by atoms with Crippen molar-refractivity contribution >= 4 is 18.7 Å². The lowest BCUT2D eigenvalue weighted by molar-refractivity contribution is 0.419. The highest BCUT2D eigenvalue weighted by Crippen LogP contribution is 2.38. The number of hydrogen-bond acceptors (Lipinski definition) is 3. The van der Waals surface area contributed by atoms with Gasteiger partial charge in [-0.25, -0.2) is 4.98 Å². The van der Waals surface area contributed by atoms with Crippen molar-refractivity contribution in [3.8, 4) is 22.8 Å². The van der Waals surface area contributed by atoms with E-state index in [-0.39, 0.29) is 5.04 Å². The molecule has 0 saturated heterocycles. The van der Waals surface area contributed by atoms with Gasteiger partial charge in [0.05, 0.1) is 5.69 Å².